The number of hydrogen-bond donors (Lipinski definition) is 1. The molecule has 1 aromatic heterocycles. The molecule has 0 saturated carbocycles. The van der Waals surface area contributed by atoms with Crippen LogP contribution in [-0.2, 0) is 6.54 Å². The number of hydrogen-bond acceptors (Lipinski definition) is 3. The van der Waals surface area contributed by atoms with Crippen LogP contribution in [0, 0.1) is 5.82 Å². The summed E-state index contributed by atoms with van der Waals surface area (Å²) >= 11 is 1.62. The van der Waals surface area contributed by atoms with E-state index in [2.05, 4.69) is 11.4 Å². The van der Waals surface area contributed by atoms with Crippen LogP contribution >= 0.6 is 11.3 Å². The summed E-state index contributed by atoms with van der Waals surface area (Å²) in [4.78, 5) is 1.09. The van der Waals surface area contributed by atoms with Crippen molar-refractivity contribution in [1.82, 2.24) is 5.32 Å². The Bertz CT molecular complexity index is 831. The molecule has 0 radical (unpaired) electrons. The molecule has 0 bridgehead atoms. The first kappa shape index (κ1) is 15.4. The first-order chi connectivity index (χ1) is 11.8. The van der Waals surface area contributed by atoms with Gasteiger partial charge in [0.25, 0.3) is 0 Å². The zero-order chi connectivity index (χ0) is 16.4. The van der Waals surface area contributed by atoms with Crippen molar-refractivity contribution in [2.75, 3.05) is 6.61 Å². The van der Waals surface area contributed by atoms with Crippen molar-refractivity contribution in [2.24, 2.45) is 0 Å². The van der Waals surface area contributed by atoms with Crippen LogP contribution in [0.2, 0.25) is 0 Å². The van der Waals surface area contributed by atoms with E-state index in [0.717, 1.165) is 28.2 Å². The van der Waals surface area contributed by atoms with Crippen LogP contribution in [0.15, 0.2) is 60.0 Å². The van der Waals surface area contributed by atoms with Gasteiger partial charge in [0.05, 0.1) is 6.61 Å². The van der Waals surface area contributed by atoms with Gasteiger partial charge < -0.3 is 10.1 Å². The minimum Gasteiger partial charge on any atom is -0.493 e. The Balaban J connectivity index is 1.49. The molecule has 1 aliphatic heterocycles. The van der Waals surface area contributed by atoms with E-state index in [1.165, 1.54) is 0 Å². The predicted molar refractivity (Wildman–Crippen MR) is 95.8 cm³/mol. The number of nitrogens with one attached hydrogen (secondary N) is 1. The van der Waals surface area contributed by atoms with Gasteiger partial charge >= 0.3 is 0 Å². The maximum atomic E-state index is 14.4. The fourth-order valence-electron chi connectivity index (χ4n) is 3.07. The van der Waals surface area contributed by atoms with E-state index < -0.39 is 0 Å². The highest BCUT2D eigenvalue weighted by atomic mass is 32.1. The molecule has 0 aliphatic carbocycles. The Hall–Kier alpha value is -2.17. The van der Waals surface area contributed by atoms with Crippen molar-refractivity contribution < 1.29 is 9.13 Å². The SMILES string of the molecule is Fc1cc(-c2cccs2)ccc1CNC1CCOc2ccccc21. The summed E-state index contributed by atoms with van der Waals surface area (Å²) in [6.07, 6.45) is 0.895. The molecule has 0 amide bonds. The van der Waals surface area contributed by atoms with Gasteiger partial charge in [0, 0.05) is 35.0 Å². The summed E-state index contributed by atoms with van der Waals surface area (Å²) in [5.41, 5.74) is 2.78. The summed E-state index contributed by atoms with van der Waals surface area (Å²) in [6.45, 7) is 1.20. The van der Waals surface area contributed by atoms with Gasteiger partial charge in [-0.2, -0.15) is 0 Å². The second-order valence-electron chi connectivity index (χ2n) is 5.89. The zero-order valence-corrected chi connectivity index (χ0v) is 14.0. The molecule has 4 heteroatoms. The molecule has 2 heterocycles. The van der Waals surface area contributed by atoms with Gasteiger partial charge in [0.1, 0.15) is 11.6 Å². The molecular weight excluding hydrogens is 321 g/mol. The van der Waals surface area contributed by atoms with Crippen LogP contribution in [0.4, 0.5) is 4.39 Å². The van der Waals surface area contributed by atoms with Crippen molar-refractivity contribution in [1.29, 1.82) is 0 Å². The van der Waals surface area contributed by atoms with E-state index >= 15 is 0 Å². The average molecular weight is 339 g/mol. The van der Waals surface area contributed by atoms with Gasteiger partial charge in [0.2, 0.25) is 0 Å². The number of thiophene rings is 1. The summed E-state index contributed by atoms with van der Waals surface area (Å²) < 4.78 is 20.1. The van der Waals surface area contributed by atoms with Gasteiger partial charge in [-0.3, -0.25) is 0 Å². The van der Waals surface area contributed by atoms with Crippen molar-refractivity contribution >= 4 is 11.3 Å². The second kappa shape index (κ2) is 6.75. The number of halogens is 1. The Morgan fingerprint density at radius 1 is 1.12 bits per heavy atom. The zero-order valence-electron chi connectivity index (χ0n) is 13.2. The predicted octanol–water partition coefficient (Wildman–Crippen LogP) is 5.17. The number of para-hydroxylation sites is 1. The number of fused-ring (bicyclic) bond motifs is 1. The Morgan fingerprint density at radius 3 is 2.88 bits per heavy atom. The fourth-order valence-corrected chi connectivity index (χ4v) is 3.80. The van der Waals surface area contributed by atoms with Crippen LogP contribution in [-0.4, -0.2) is 6.61 Å². The second-order valence-corrected chi connectivity index (χ2v) is 6.84. The lowest BCUT2D eigenvalue weighted by Gasteiger charge is -2.26. The third-order valence-corrected chi connectivity index (χ3v) is 5.28. The van der Waals surface area contributed by atoms with Crippen LogP contribution in [0.5, 0.6) is 5.75 Å². The van der Waals surface area contributed by atoms with Crippen LogP contribution in [0.3, 0.4) is 0 Å². The van der Waals surface area contributed by atoms with Crippen molar-refractivity contribution in [3.8, 4) is 16.2 Å². The number of rotatable bonds is 4. The van der Waals surface area contributed by atoms with Gasteiger partial charge in [0.15, 0.2) is 0 Å². The molecule has 122 valence electrons. The highest BCUT2D eigenvalue weighted by Crippen LogP contribution is 2.32. The monoisotopic (exact) mass is 339 g/mol. The van der Waals surface area contributed by atoms with Crippen LogP contribution in [0.25, 0.3) is 10.4 Å². The lowest BCUT2D eigenvalue weighted by molar-refractivity contribution is 0.252. The molecule has 0 spiro atoms. The quantitative estimate of drug-likeness (QED) is 0.708. The van der Waals surface area contributed by atoms with Crippen molar-refractivity contribution in [2.45, 2.75) is 19.0 Å². The third-order valence-electron chi connectivity index (χ3n) is 4.36. The molecule has 2 aromatic carbocycles. The van der Waals surface area contributed by atoms with E-state index in [9.17, 15) is 4.39 Å². The van der Waals surface area contributed by atoms with E-state index in [0.29, 0.717) is 18.7 Å². The van der Waals surface area contributed by atoms with Crippen LogP contribution in [0.1, 0.15) is 23.6 Å². The lowest BCUT2D eigenvalue weighted by atomic mass is 10.00. The topological polar surface area (TPSA) is 21.3 Å². The largest absolute Gasteiger partial charge is 0.493 e. The Labute approximate surface area is 144 Å². The first-order valence-corrected chi connectivity index (χ1v) is 8.96. The molecule has 1 unspecified atom stereocenters. The maximum absolute atomic E-state index is 14.4. The summed E-state index contributed by atoms with van der Waals surface area (Å²) in [6, 6.07) is 17.7. The fraction of sp³-hybridized carbons (Fsp3) is 0.200. The van der Waals surface area contributed by atoms with Gasteiger partial charge in [-0.15, -0.1) is 11.3 Å². The molecule has 1 atom stereocenters. The lowest BCUT2D eigenvalue weighted by Crippen LogP contribution is -2.27. The molecule has 2 nitrogen and oxygen atoms in total. The molecule has 0 fully saturated rings. The standard InChI is InChI=1S/C20H18FNOS/c21-17-12-14(20-6-3-11-24-20)7-8-15(17)13-22-18-9-10-23-19-5-2-1-4-16(18)19/h1-8,11-12,18,22H,9-10,13H2. The van der Waals surface area contributed by atoms with E-state index in [1.807, 2.05) is 47.8 Å². The summed E-state index contributed by atoms with van der Waals surface area (Å²) in [5.74, 6) is 0.767. The molecule has 0 saturated heterocycles. The average Bonchev–Trinajstić information content (AvgIpc) is 3.15. The van der Waals surface area contributed by atoms with Crippen molar-refractivity contribution in [3.63, 3.8) is 0 Å². The highest BCUT2D eigenvalue weighted by molar-refractivity contribution is 7.13. The molecule has 4 rings (SSSR count). The van der Waals surface area contributed by atoms with E-state index in [-0.39, 0.29) is 11.9 Å². The third kappa shape index (κ3) is 3.07. The van der Waals surface area contributed by atoms with Gasteiger partial charge in [-0.05, 0) is 29.1 Å². The molecule has 24 heavy (non-hydrogen) atoms. The number of benzene rings is 2. The molecule has 1 N–H and O–H groups in total. The molecular formula is C20H18FNOS. The first-order valence-electron chi connectivity index (χ1n) is 8.09. The summed E-state index contributed by atoms with van der Waals surface area (Å²) in [5, 5.41) is 5.48. The van der Waals surface area contributed by atoms with Gasteiger partial charge in [-0.1, -0.05) is 36.4 Å². The normalized spacial score (nSPS) is 16.5. The highest BCUT2D eigenvalue weighted by Gasteiger charge is 2.20. The van der Waals surface area contributed by atoms with Gasteiger partial charge in [-0.25, -0.2) is 4.39 Å². The smallest absolute Gasteiger partial charge is 0.128 e. The van der Waals surface area contributed by atoms with E-state index in [1.54, 1.807) is 17.4 Å². The maximum Gasteiger partial charge on any atom is 0.128 e. The van der Waals surface area contributed by atoms with E-state index in [4.69, 9.17) is 4.74 Å². The van der Waals surface area contributed by atoms with Crippen molar-refractivity contribution in [3.05, 3.63) is 76.9 Å². The molecule has 1 aliphatic rings. The number of ether oxygens (including phenoxy) is 1. The Kier molecular flexibility index (Phi) is 4.32. The minimum absolute atomic E-state index is 0.159. The Morgan fingerprint density at radius 2 is 2.04 bits per heavy atom. The summed E-state index contributed by atoms with van der Waals surface area (Å²) in [7, 11) is 0. The molecule has 3 aromatic rings. The minimum atomic E-state index is -0.159. The van der Waals surface area contributed by atoms with Crippen LogP contribution < -0.4 is 10.1 Å².